The summed E-state index contributed by atoms with van der Waals surface area (Å²) in [7, 11) is 1.44. The van der Waals surface area contributed by atoms with Crippen LogP contribution in [0.1, 0.15) is 16.1 Å². The maximum atomic E-state index is 14.2. The lowest BCUT2D eigenvalue weighted by molar-refractivity contribution is 0.0982. The SMILES string of the molecule is COc1ccc(Cl)cc1C(=O)N(Cc1ccccn1)c1nc2c(F)cc(F)cc2s1. The van der Waals surface area contributed by atoms with Crippen LogP contribution in [0.2, 0.25) is 5.02 Å². The fraction of sp³-hybridized carbons (Fsp3) is 0.0952. The van der Waals surface area contributed by atoms with Crippen molar-refractivity contribution in [2.75, 3.05) is 12.0 Å². The van der Waals surface area contributed by atoms with Gasteiger partial charge in [-0.1, -0.05) is 29.0 Å². The lowest BCUT2D eigenvalue weighted by Gasteiger charge is -2.21. The zero-order valence-electron chi connectivity index (χ0n) is 15.6. The number of halogens is 3. The van der Waals surface area contributed by atoms with Gasteiger partial charge in [0.05, 0.1) is 29.6 Å². The summed E-state index contributed by atoms with van der Waals surface area (Å²) in [6, 6.07) is 11.9. The Morgan fingerprint density at radius 3 is 2.77 bits per heavy atom. The third-order valence-corrected chi connectivity index (χ3v) is 5.58. The van der Waals surface area contributed by atoms with Gasteiger partial charge in [0.25, 0.3) is 5.91 Å². The highest BCUT2D eigenvalue weighted by Gasteiger charge is 2.26. The van der Waals surface area contributed by atoms with Gasteiger partial charge in [0, 0.05) is 17.3 Å². The zero-order chi connectivity index (χ0) is 21.3. The van der Waals surface area contributed by atoms with E-state index in [1.807, 2.05) is 0 Å². The lowest BCUT2D eigenvalue weighted by Crippen LogP contribution is -2.31. The molecule has 30 heavy (non-hydrogen) atoms. The number of carbonyl (C=O) groups is 1. The molecule has 0 aliphatic rings. The van der Waals surface area contributed by atoms with Crippen LogP contribution in [0.5, 0.6) is 5.75 Å². The first-order valence-electron chi connectivity index (χ1n) is 8.77. The molecule has 2 aromatic carbocycles. The Morgan fingerprint density at radius 2 is 2.03 bits per heavy atom. The van der Waals surface area contributed by atoms with Crippen molar-refractivity contribution in [2.45, 2.75) is 6.54 Å². The summed E-state index contributed by atoms with van der Waals surface area (Å²) in [5, 5.41) is 0.557. The monoisotopic (exact) mass is 445 g/mol. The lowest BCUT2D eigenvalue weighted by atomic mass is 10.1. The summed E-state index contributed by atoms with van der Waals surface area (Å²) in [5.74, 6) is -1.64. The second-order valence-corrected chi connectivity index (χ2v) is 7.73. The molecule has 5 nitrogen and oxygen atoms in total. The van der Waals surface area contributed by atoms with Crippen molar-refractivity contribution in [3.63, 3.8) is 0 Å². The number of aromatic nitrogens is 2. The van der Waals surface area contributed by atoms with Crippen molar-refractivity contribution >= 4 is 44.2 Å². The second kappa shape index (κ2) is 8.33. The van der Waals surface area contributed by atoms with Crippen LogP contribution < -0.4 is 9.64 Å². The van der Waals surface area contributed by atoms with Gasteiger partial charge in [-0.05, 0) is 36.4 Å². The number of methoxy groups -OCH3 is 1. The predicted molar refractivity (Wildman–Crippen MR) is 112 cm³/mol. The highest BCUT2D eigenvalue weighted by Crippen LogP contribution is 2.34. The number of pyridine rings is 1. The third kappa shape index (κ3) is 3.96. The number of amides is 1. The maximum absolute atomic E-state index is 14.2. The van der Waals surface area contributed by atoms with Crippen molar-refractivity contribution < 1.29 is 18.3 Å². The van der Waals surface area contributed by atoms with Crippen LogP contribution in [-0.2, 0) is 6.54 Å². The number of rotatable bonds is 5. The molecule has 1 amide bonds. The molecule has 0 bridgehead atoms. The summed E-state index contributed by atoms with van der Waals surface area (Å²) < 4.78 is 33.4. The molecule has 2 heterocycles. The minimum Gasteiger partial charge on any atom is -0.496 e. The summed E-state index contributed by atoms with van der Waals surface area (Å²) in [4.78, 5) is 23.3. The van der Waals surface area contributed by atoms with Crippen LogP contribution in [-0.4, -0.2) is 23.0 Å². The van der Waals surface area contributed by atoms with Gasteiger partial charge in [-0.3, -0.25) is 14.7 Å². The number of nitrogens with zero attached hydrogens (tertiary/aromatic N) is 3. The van der Waals surface area contributed by atoms with Crippen LogP contribution in [0, 0.1) is 11.6 Å². The molecule has 4 rings (SSSR count). The van der Waals surface area contributed by atoms with E-state index in [-0.39, 0.29) is 22.8 Å². The number of hydrogen-bond acceptors (Lipinski definition) is 5. The largest absolute Gasteiger partial charge is 0.496 e. The molecule has 0 saturated carbocycles. The Hall–Kier alpha value is -3.10. The first-order valence-corrected chi connectivity index (χ1v) is 9.96. The number of hydrogen-bond donors (Lipinski definition) is 0. The Balaban J connectivity index is 1.84. The van der Waals surface area contributed by atoms with E-state index in [0.29, 0.717) is 21.2 Å². The zero-order valence-corrected chi connectivity index (χ0v) is 17.2. The quantitative estimate of drug-likeness (QED) is 0.408. The molecule has 4 aromatic rings. The third-order valence-electron chi connectivity index (χ3n) is 4.32. The van der Waals surface area contributed by atoms with Crippen molar-refractivity contribution in [3.8, 4) is 5.75 Å². The number of benzene rings is 2. The van der Waals surface area contributed by atoms with E-state index in [2.05, 4.69) is 9.97 Å². The Labute approximate surface area is 179 Å². The Morgan fingerprint density at radius 1 is 1.20 bits per heavy atom. The standard InChI is InChI=1S/C21H14ClF2N3O2S/c1-29-17-6-5-12(22)8-15(17)20(28)27(11-14-4-2-3-7-25-14)21-26-19-16(24)9-13(23)10-18(19)30-21/h2-10H,11H2,1H3. The number of anilines is 1. The number of carbonyl (C=O) groups excluding carboxylic acids is 1. The predicted octanol–water partition coefficient (Wildman–Crippen LogP) is 5.48. The minimum atomic E-state index is -0.793. The molecule has 0 spiro atoms. The highest BCUT2D eigenvalue weighted by atomic mass is 35.5. The molecule has 0 unspecified atom stereocenters. The summed E-state index contributed by atoms with van der Waals surface area (Å²) >= 11 is 7.09. The Kier molecular flexibility index (Phi) is 5.61. The van der Waals surface area contributed by atoms with Crippen LogP contribution in [0.4, 0.5) is 13.9 Å². The van der Waals surface area contributed by atoms with Gasteiger partial charge >= 0.3 is 0 Å². The second-order valence-electron chi connectivity index (χ2n) is 6.29. The number of ether oxygens (including phenoxy) is 1. The van der Waals surface area contributed by atoms with Gasteiger partial charge in [0.15, 0.2) is 10.9 Å². The van der Waals surface area contributed by atoms with E-state index in [0.717, 1.165) is 17.4 Å². The van der Waals surface area contributed by atoms with Gasteiger partial charge in [-0.25, -0.2) is 13.8 Å². The summed E-state index contributed by atoms with van der Waals surface area (Å²) in [5.41, 5.74) is 0.804. The molecule has 0 atom stereocenters. The van der Waals surface area contributed by atoms with Gasteiger partial charge in [-0.15, -0.1) is 0 Å². The van der Waals surface area contributed by atoms with Crippen LogP contribution in [0.3, 0.4) is 0 Å². The normalized spacial score (nSPS) is 10.9. The van der Waals surface area contributed by atoms with E-state index in [9.17, 15) is 13.6 Å². The first kappa shape index (κ1) is 20.2. The van der Waals surface area contributed by atoms with Gasteiger partial charge in [0.1, 0.15) is 17.1 Å². The van der Waals surface area contributed by atoms with Crippen molar-refractivity contribution in [2.24, 2.45) is 0 Å². The summed E-state index contributed by atoms with van der Waals surface area (Å²) in [6.45, 7) is 0.0687. The minimum absolute atomic E-state index is 0.00622. The van der Waals surface area contributed by atoms with Gasteiger partial charge < -0.3 is 4.74 Å². The molecule has 0 aliphatic heterocycles. The summed E-state index contributed by atoms with van der Waals surface area (Å²) in [6.07, 6.45) is 1.60. The fourth-order valence-corrected chi connectivity index (χ4v) is 4.11. The molecule has 0 radical (unpaired) electrons. The van der Waals surface area contributed by atoms with Crippen molar-refractivity contribution in [1.82, 2.24) is 9.97 Å². The molecular formula is C21H14ClF2N3O2S. The van der Waals surface area contributed by atoms with Crippen molar-refractivity contribution in [1.29, 1.82) is 0 Å². The van der Waals surface area contributed by atoms with E-state index in [1.54, 1.807) is 36.5 Å². The van der Waals surface area contributed by atoms with E-state index < -0.39 is 17.5 Å². The average molecular weight is 446 g/mol. The first-order chi connectivity index (χ1) is 14.5. The smallest absolute Gasteiger partial charge is 0.264 e. The maximum Gasteiger partial charge on any atom is 0.264 e. The highest BCUT2D eigenvalue weighted by molar-refractivity contribution is 7.22. The van der Waals surface area contributed by atoms with Gasteiger partial charge in [0.2, 0.25) is 0 Å². The number of thiazole rings is 1. The Bertz CT molecular complexity index is 1230. The molecule has 0 N–H and O–H groups in total. The van der Waals surface area contributed by atoms with Crippen LogP contribution in [0.25, 0.3) is 10.2 Å². The van der Waals surface area contributed by atoms with E-state index in [4.69, 9.17) is 16.3 Å². The fourth-order valence-electron chi connectivity index (χ4n) is 2.93. The molecule has 0 fully saturated rings. The number of fused-ring (bicyclic) bond motifs is 1. The molecular weight excluding hydrogens is 432 g/mol. The van der Waals surface area contributed by atoms with Crippen LogP contribution >= 0.6 is 22.9 Å². The average Bonchev–Trinajstić information content (AvgIpc) is 3.16. The van der Waals surface area contributed by atoms with E-state index in [1.165, 1.54) is 24.1 Å². The molecule has 0 aliphatic carbocycles. The molecule has 9 heteroatoms. The van der Waals surface area contributed by atoms with E-state index >= 15 is 0 Å². The molecule has 0 saturated heterocycles. The van der Waals surface area contributed by atoms with Crippen molar-refractivity contribution in [3.05, 3.63) is 82.6 Å². The topological polar surface area (TPSA) is 55.3 Å². The van der Waals surface area contributed by atoms with Crippen LogP contribution in [0.15, 0.2) is 54.7 Å². The molecule has 152 valence electrons. The van der Waals surface area contributed by atoms with Gasteiger partial charge in [-0.2, -0.15) is 0 Å². The molecule has 2 aromatic heterocycles.